The lowest BCUT2D eigenvalue weighted by atomic mass is 10.1. The Bertz CT molecular complexity index is 857. The molecule has 0 spiro atoms. The van der Waals surface area contributed by atoms with Gasteiger partial charge in [0.05, 0.1) is 17.9 Å². The third-order valence-electron chi connectivity index (χ3n) is 4.20. The van der Waals surface area contributed by atoms with Gasteiger partial charge in [0.1, 0.15) is 5.69 Å². The van der Waals surface area contributed by atoms with Gasteiger partial charge in [-0.05, 0) is 38.1 Å². The van der Waals surface area contributed by atoms with E-state index in [4.69, 9.17) is 4.52 Å². The van der Waals surface area contributed by atoms with E-state index in [1.54, 1.807) is 24.5 Å². The van der Waals surface area contributed by atoms with Crippen molar-refractivity contribution in [3.05, 3.63) is 48.5 Å². The Balaban J connectivity index is 0.00000196. The van der Waals surface area contributed by atoms with Crippen LogP contribution < -0.4 is 10.6 Å². The second-order valence-corrected chi connectivity index (χ2v) is 5.94. The van der Waals surface area contributed by atoms with E-state index in [1.165, 1.54) is 0 Å². The number of aromatic nitrogens is 4. The second kappa shape index (κ2) is 8.11. The van der Waals surface area contributed by atoms with E-state index < -0.39 is 0 Å². The van der Waals surface area contributed by atoms with E-state index in [9.17, 15) is 4.79 Å². The SMILES string of the molecule is Cl.O=C(Nc1cnn(C2CCNCC2)c1)c1cc(-c2ccccn2)on1. The summed E-state index contributed by atoms with van der Waals surface area (Å²) in [5.41, 5.74) is 1.48. The smallest absolute Gasteiger partial charge is 0.277 e. The maximum Gasteiger partial charge on any atom is 0.277 e. The third kappa shape index (κ3) is 3.92. The van der Waals surface area contributed by atoms with Gasteiger partial charge in [0.2, 0.25) is 0 Å². The first-order valence-corrected chi connectivity index (χ1v) is 8.24. The molecule has 1 saturated heterocycles. The lowest BCUT2D eigenvalue weighted by molar-refractivity contribution is 0.101. The van der Waals surface area contributed by atoms with E-state index in [1.807, 2.05) is 23.0 Å². The predicted octanol–water partition coefficient (Wildman–Crippen LogP) is 2.53. The van der Waals surface area contributed by atoms with Crippen molar-refractivity contribution in [3.63, 3.8) is 0 Å². The fourth-order valence-corrected chi connectivity index (χ4v) is 2.88. The molecule has 3 aromatic rings. The molecule has 4 rings (SSSR count). The molecule has 0 aliphatic carbocycles. The molecule has 9 heteroatoms. The summed E-state index contributed by atoms with van der Waals surface area (Å²) in [7, 11) is 0. The van der Waals surface area contributed by atoms with E-state index in [-0.39, 0.29) is 24.0 Å². The monoisotopic (exact) mass is 374 g/mol. The molecule has 0 radical (unpaired) electrons. The number of pyridine rings is 1. The number of anilines is 1. The van der Waals surface area contributed by atoms with Gasteiger partial charge in [0, 0.05) is 18.5 Å². The minimum atomic E-state index is -0.337. The van der Waals surface area contributed by atoms with Gasteiger partial charge in [-0.1, -0.05) is 11.2 Å². The molecule has 0 aromatic carbocycles. The molecule has 1 aliphatic rings. The maximum atomic E-state index is 12.3. The highest BCUT2D eigenvalue weighted by atomic mass is 35.5. The van der Waals surface area contributed by atoms with Crippen LogP contribution in [-0.4, -0.2) is 38.9 Å². The zero-order chi connectivity index (χ0) is 17.1. The van der Waals surface area contributed by atoms with Crippen molar-refractivity contribution < 1.29 is 9.32 Å². The van der Waals surface area contributed by atoms with Crippen LogP contribution in [0.25, 0.3) is 11.5 Å². The van der Waals surface area contributed by atoms with Crippen LogP contribution >= 0.6 is 12.4 Å². The number of hydrogen-bond donors (Lipinski definition) is 2. The number of nitrogens with one attached hydrogen (secondary N) is 2. The Hall–Kier alpha value is -2.71. The van der Waals surface area contributed by atoms with Gasteiger partial charge in [0.15, 0.2) is 11.5 Å². The molecule has 1 aliphatic heterocycles. The number of nitrogens with zero attached hydrogens (tertiary/aromatic N) is 4. The summed E-state index contributed by atoms with van der Waals surface area (Å²) < 4.78 is 7.12. The Morgan fingerprint density at radius 3 is 2.92 bits per heavy atom. The highest BCUT2D eigenvalue weighted by Crippen LogP contribution is 2.21. The molecule has 2 N–H and O–H groups in total. The number of carbonyl (C=O) groups is 1. The molecule has 136 valence electrons. The first kappa shape index (κ1) is 18.1. The first-order valence-electron chi connectivity index (χ1n) is 8.24. The van der Waals surface area contributed by atoms with Crippen LogP contribution in [0.15, 0.2) is 47.4 Å². The van der Waals surface area contributed by atoms with E-state index in [2.05, 4.69) is 25.9 Å². The van der Waals surface area contributed by atoms with Crippen molar-refractivity contribution in [2.24, 2.45) is 0 Å². The minimum Gasteiger partial charge on any atom is -0.354 e. The van der Waals surface area contributed by atoms with Crippen LogP contribution in [0.4, 0.5) is 5.69 Å². The summed E-state index contributed by atoms with van der Waals surface area (Å²) in [4.78, 5) is 16.5. The Morgan fingerprint density at radius 1 is 1.31 bits per heavy atom. The molecule has 0 atom stereocenters. The van der Waals surface area contributed by atoms with Crippen molar-refractivity contribution in [2.75, 3.05) is 18.4 Å². The molecule has 8 nitrogen and oxygen atoms in total. The molecular formula is C17H19ClN6O2. The molecule has 0 bridgehead atoms. The lowest BCUT2D eigenvalue weighted by Crippen LogP contribution is -2.29. The van der Waals surface area contributed by atoms with Crippen LogP contribution in [-0.2, 0) is 0 Å². The first-order chi connectivity index (χ1) is 12.3. The number of piperidine rings is 1. The average Bonchev–Trinajstić information content (AvgIpc) is 3.33. The summed E-state index contributed by atoms with van der Waals surface area (Å²) >= 11 is 0. The van der Waals surface area contributed by atoms with Crippen molar-refractivity contribution in [1.82, 2.24) is 25.2 Å². The Morgan fingerprint density at radius 2 is 2.15 bits per heavy atom. The van der Waals surface area contributed by atoms with Gasteiger partial charge < -0.3 is 15.2 Å². The topological polar surface area (TPSA) is 97.9 Å². The molecule has 26 heavy (non-hydrogen) atoms. The number of rotatable bonds is 4. The van der Waals surface area contributed by atoms with Gasteiger partial charge >= 0.3 is 0 Å². The van der Waals surface area contributed by atoms with E-state index in [0.717, 1.165) is 25.9 Å². The van der Waals surface area contributed by atoms with Crippen LogP contribution in [0.3, 0.4) is 0 Å². The lowest BCUT2D eigenvalue weighted by Gasteiger charge is -2.22. The molecule has 0 unspecified atom stereocenters. The van der Waals surface area contributed by atoms with Gasteiger partial charge in [-0.15, -0.1) is 12.4 Å². The van der Waals surface area contributed by atoms with Gasteiger partial charge in [-0.25, -0.2) is 0 Å². The van der Waals surface area contributed by atoms with Crippen molar-refractivity contribution in [3.8, 4) is 11.5 Å². The fraction of sp³-hybridized carbons (Fsp3) is 0.294. The van der Waals surface area contributed by atoms with Crippen LogP contribution in [0.5, 0.6) is 0 Å². The van der Waals surface area contributed by atoms with Crippen molar-refractivity contribution in [1.29, 1.82) is 0 Å². The maximum absolute atomic E-state index is 12.3. The average molecular weight is 375 g/mol. The zero-order valence-electron chi connectivity index (χ0n) is 14.0. The summed E-state index contributed by atoms with van der Waals surface area (Å²) in [5, 5.41) is 14.3. The molecule has 1 fully saturated rings. The number of hydrogen-bond acceptors (Lipinski definition) is 6. The highest BCUT2D eigenvalue weighted by Gasteiger charge is 2.18. The largest absolute Gasteiger partial charge is 0.354 e. The van der Waals surface area contributed by atoms with Gasteiger partial charge in [-0.3, -0.25) is 14.5 Å². The van der Waals surface area contributed by atoms with Gasteiger partial charge in [0.25, 0.3) is 5.91 Å². The number of carbonyl (C=O) groups excluding carboxylic acids is 1. The normalized spacial score (nSPS) is 14.6. The van der Waals surface area contributed by atoms with E-state index in [0.29, 0.717) is 23.2 Å². The molecule has 4 heterocycles. The minimum absolute atomic E-state index is 0. The molecule has 3 aromatic heterocycles. The highest BCUT2D eigenvalue weighted by molar-refractivity contribution is 6.03. The Labute approximate surface area is 156 Å². The zero-order valence-corrected chi connectivity index (χ0v) is 14.8. The Kier molecular flexibility index (Phi) is 5.65. The standard InChI is InChI=1S/C17H18N6O2.ClH/c24-17(15-9-16(25-22-15)14-3-1-2-6-19-14)21-12-10-20-23(11-12)13-4-7-18-8-5-13;/h1-3,6,9-11,13,18H,4-5,7-8H2,(H,21,24);1H. The molecule has 0 saturated carbocycles. The molecule has 1 amide bonds. The van der Waals surface area contributed by atoms with Gasteiger partial charge in [-0.2, -0.15) is 5.10 Å². The van der Waals surface area contributed by atoms with Crippen LogP contribution in [0, 0.1) is 0 Å². The summed E-state index contributed by atoms with van der Waals surface area (Å²) in [6.07, 6.45) is 7.23. The summed E-state index contributed by atoms with van der Waals surface area (Å²) in [6, 6.07) is 7.41. The van der Waals surface area contributed by atoms with E-state index >= 15 is 0 Å². The second-order valence-electron chi connectivity index (χ2n) is 5.94. The van der Waals surface area contributed by atoms with Crippen LogP contribution in [0.2, 0.25) is 0 Å². The molecular weight excluding hydrogens is 356 g/mol. The fourth-order valence-electron chi connectivity index (χ4n) is 2.88. The quantitative estimate of drug-likeness (QED) is 0.728. The van der Waals surface area contributed by atoms with Crippen molar-refractivity contribution >= 4 is 24.0 Å². The summed E-state index contributed by atoms with van der Waals surface area (Å²) in [5.74, 6) is 0.118. The van der Waals surface area contributed by atoms with Crippen molar-refractivity contribution in [2.45, 2.75) is 18.9 Å². The van der Waals surface area contributed by atoms with Crippen LogP contribution in [0.1, 0.15) is 29.4 Å². The number of amides is 1. The number of halogens is 1. The predicted molar refractivity (Wildman–Crippen MR) is 98.3 cm³/mol. The third-order valence-corrected chi connectivity index (χ3v) is 4.20. The summed E-state index contributed by atoms with van der Waals surface area (Å²) in [6.45, 7) is 1.98.